The monoisotopic (exact) mass is 461 g/mol. The second kappa shape index (κ2) is 11.3. The molecule has 11 nitrogen and oxygen atoms in total. The van der Waals surface area contributed by atoms with Crippen molar-refractivity contribution in [3.63, 3.8) is 0 Å². The normalized spacial score (nSPS) is 11.0. The van der Waals surface area contributed by atoms with Gasteiger partial charge in [-0.15, -0.1) is 0 Å². The van der Waals surface area contributed by atoms with Gasteiger partial charge in [-0.05, 0) is 26.0 Å². The molecule has 11 heteroatoms. The number of hydrogen-bond acceptors (Lipinski definition) is 7. The van der Waals surface area contributed by atoms with Crippen molar-refractivity contribution in [2.45, 2.75) is 19.9 Å². The van der Waals surface area contributed by atoms with Gasteiger partial charge in [0.05, 0.1) is 18.2 Å². The molecule has 0 saturated carbocycles. The highest BCUT2D eigenvalue weighted by Gasteiger charge is 2.18. The number of carbonyl (C=O) groups excluding carboxylic acids is 2. The highest BCUT2D eigenvalue weighted by Crippen LogP contribution is 2.12. The van der Waals surface area contributed by atoms with Gasteiger partial charge in [-0.3, -0.25) is 24.1 Å². The van der Waals surface area contributed by atoms with Crippen LogP contribution in [0, 0.1) is 0 Å². The van der Waals surface area contributed by atoms with E-state index in [-0.39, 0.29) is 29.5 Å². The summed E-state index contributed by atoms with van der Waals surface area (Å²) < 4.78 is 7.61. The fourth-order valence-electron chi connectivity index (χ4n) is 3.22. The van der Waals surface area contributed by atoms with E-state index in [0.717, 1.165) is 0 Å². The average Bonchev–Trinajstić information content (AvgIpc) is 2.77. The molecule has 0 aromatic carbocycles. The van der Waals surface area contributed by atoms with Crippen LogP contribution in [0.25, 0.3) is 0 Å². The number of amides is 2. The van der Waals surface area contributed by atoms with Crippen molar-refractivity contribution in [3.05, 3.63) is 56.4 Å². The maximum atomic E-state index is 12.5. The molecular formula is C22H31N5O6. The van der Waals surface area contributed by atoms with Crippen molar-refractivity contribution in [3.8, 4) is 11.5 Å². The van der Waals surface area contributed by atoms with Crippen molar-refractivity contribution in [1.29, 1.82) is 0 Å². The molecule has 0 atom stereocenters. The number of aromatic nitrogens is 2. The van der Waals surface area contributed by atoms with Crippen LogP contribution in [0.3, 0.4) is 0 Å². The number of methoxy groups -OCH3 is 1. The Labute approximate surface area is 191 Å². The lowest BCUT2D eigenvalue weighted by atomic mass is 10.2. The summed E-state index contributed by atoms with van der Waals surface area (Å²) in [5, 5.41) is 15.4. The molecule has 0 bridgehead atoms. The lowest BCUT2D eigenvalue weighted by molar-refractivity contribution is 0.0939. The van der Waals surface area contributed by atoms with Crippen LogP contribution in [-0.4, -0.2) is 70.3 Å². The highest BCUT2D eigenvalue weighted by atomic mass is 16.5. The molecule has 0 aliphatic heterocycles. The van der Waals surface area contributed by atoms with Crippen LogP contribution in [0.15, 0.2) is 34.1 Å². The van der Waals surface area contributed by atoms with E-state index in [1.54, 1.807) is 7.05 Å². The molecule has 3 N–H and O–H groups in total. The number of aromatic hydroxyl groups is 1. The number of nitrogens with zero attached hydrogens (tertiary/aromatic N) is 3. The number of hydrogen-bond donors (Lipinski definition) is 3. The topological polar surface area (TPSA) is 135 Å². The van der Waals surface area contributed by atoms with E-state index in [1.807, 2.05) is 18.7 Å². The van der Waals surface area contributed by atoms with Crippen LogP contribution >= 0.6 is 0 Å². The Bertz CT molecular complexity index is 1120. The summed E-state index contributed by atoms with van der Waals surface area (Å²) in [6.07, 6.45) is 2.92. The minimum Gasteiger partial charge on any atom is -0.502 e. The lowest BCUT2D eigenvalue weighted by Crippen LogP contribution is -2.43. The van der Waals surface area contributed by atoms with E-state index in [1.165, 1.54) is 47.8 Å². The highest BCUT2D eigenvalue weighted by molar-refractivity contribution is 5.97. The van der Waals surface area contributed by atoms with E-state index in [4.69, 9.17) is 4.74 Å². The smallest absolute Gasteiger partial charge is 0.293 e. The first-order chi connectivity index (χ1) is 15.6. The quantitative estimate of drug-likeness (QED) is 0.441. The molecule has 2 aromatic heterocycles. The summed E-state index contributed by atoms with van der Waals surface area (Å²) >= 11 is 0. The second-order valence-corrected chi connectivity index (χ2v) is 7.81. The van der Waals surface area contributed by atoms with E-state index in [9.17, 15) is 24.3 Å². The Morgan fingerprint density at radius 2 is 1.45 bits per heavy atom. The number of ether oxygens (including phenoxy) is 1. The summed E-state index contributed by atoms with van der Waals surface area (Å²) in [6, 6.07) is 3.04. The number of aryl methyl sites for hydroxylation is 2. The first-order valence-corrected chi connectivity index (χ1v) is 10.5. The Kier molecular flexibility index (Phi) is 8.80. The Morgan fingerprint density at radius 3 is 1.97 bits per heavy atom. The van der Waals surface area contributed by atoms with E-state index >= 15 is 0 Å². The second-order valence-electron chi connectivity index (χ2n) is 7.81. The van der Waals surface area contributed by atoms with Crippen LogP contribution in [0.4, 0.5) is 0 Å². The Morgan fingerprint density at radius 1 is 0.970 bits per heavy atom. The van der Waals surface area contributed by atoms with Crippen LogP contribution in [0.1, 0.15) is 34.6 Å². The predicted molar refractivity (Wildman–Crippen MR) is 123 cm³/mol. The molecule has 0 saturated heterocycles. The fraction of sp³-hybridized carbons (Fsp3) is 0.455. The van der Waals surface area contributed by atoms with Gasteiger partial charge in [-0.1, -0.05) is 0 Å². The minimum absolute atomic E-state index is 0.0140. The molecule has 33 heavy (non-hydrogen) atoms. The van der Waals surface area contributed by atoms with Crippen molar-refractivity contribution in [2.75, 3.05) is 33.3 Å². The van der Waals surface area contributed by atoms with E-state index in [0.29, 0.717) is 19.6 Å². The zero-order valence-electron chi connectivity index (χ0n) is 19.5. The number of carbonyl (C=O) groups is 2. The van der Waals surface area contributed by atoms with Gasteiger partial charge in [0.2, 0.25) is 0 Å². The van der Waals surface area contributed by atoms with Gasteiger partial charge in [0.25, 0.3) is 22.9 Å². The predicted octanol–water partition coefficient (Wildman–Crippen LogP) is -0.332. The van der Waals surface area contributed by atoms with E-state index < -0.39 is 28.7 Å². The van der Waals surface area contributed by atoms with Gasteiger partial charge in [-0.2, -0.15) is 0 Å². The molecule has 0 aliphatic carbocycles. The summed E-state index contributed by atoms with van der Waals surface area (Å²) in [5.41, 5.74) is -0.954. The van der Waals surface area contributed by atoms with Crippen LogP contribution in [0.5, 0.6) is 11.5 Å². The molecule has 2 heterocycles. The Balaban J connectivity index is 1.90. The minimum atomic E-state index is -0.643. The summed E-state index contributed by atoms with van der Waals surface area (Å²) in [4.78, 5) is 50.8. The molecule has 2 rings (SSSR count). The molecule has 0 unspecified atom stereocenters. The zero-order chi connectivity index (χ0) is 24.7. The van der Waals surface area contributed by atoms with Crippen LogP contribution in [-0.2, 0) is 14.1 Å². The maximum Gasteiger partial charge on any atom is 0.293 e. The third kappa shape index (κ3) is 6.22. The lowest BCUT2D eigenvalue weighted by Gasteiger charge is -2.26. The van der Waals surface area contributed by atoms with Crippen molar-refractivity contribution >= 4 is 11.8 Å². The Hall–Kier alpha value is -3.60. The molecular weight excluding hydrogens is 430 g/mol. The van der Waals surface area contributed by atoms with Gasteiger partial charge in [0.15, 0.2) is 11.5 Å². The standard InChI is InChI=1S/C22H31N5O6/c1-14(2)27(12-8-23-19(29)15-6-10-25(3)21(31)17(15)28)13-9-24-20(30)16-7-11-26(4)22(32)18(16)33-5/h6-7,10-11,14,28H,8-9,12-13H2,1-5H3,(H,23,29)(H,24,30). The van der Waals surface area contributed by atoms with E-state index in [2.05, 4.69) is 10.6 Å². The molecule has 2 aromatic rings. The number of nitrogens with one attached hydrogen (secondary N) is 2. The van der Waals surface area contributed by atoms with Crippen molar-refractivity contribution in [1.82, 2.24) is 24.7 Å². The fourth-order valence-corrected chi connectivity index (χ4v) is 3.22. The summed E-state index contributed by atoms with van der Waals surface area (Å²) in [7, 11) is 4.40. The van der Waals surface area contributed by atoms with Crippen molar-refractivity contribution < 1.29 is 19.4 Å². The number of pyridine rings is 2. The SMILES string of the molecule is COc1c(C(=O)NCCN(CCNC(=O)c2ccn(C)c(=O)c2O)C(C)C)ccn(C)c1=O. The van der Waals surface area contributed by atoms with Crippen LogP contribution in [0.2, 0.25) is 0 Å². The van der Waals surface area contributed by atoms with Gasteiger partial charge >= 0.3 is 0 Å². The zero-order valence-corrected chi connectivity index (χ0v) is 19.5. The molecule has 0 fully saturated rings. The van der Waals surface area contributed by atoms with Gasteiger partial charge in [-0.25, -0.2) is 0 Å². The molecule has 0 spiro atoms. The largest absolute Gasteiger partial charge is 0.502 e. The first kappa shape index (κ1) is 25.7. The van der Waals surface area contributed by atoms with Gasteiger partial charge in [0, 0.05) is 58.7 Å². The molecule has 180 valence electrons. The summed E-state index contributed by atoms with van der Waals surface area (Å²) in [5.74, 6) is -1.56. The third-order valence-corrected chi connectivity index (χ3v) is 5.26. The maximum absolute atomic E-state index is 12.5. The van der Waals surface area contributed by atoms with Gasteiger partial charge in [0.1, 0.15) is 0 Å². The first-order valence-electron chi connectivity index (χ1n) is 10.5. The molecule has 0 radical (unpaired) electrons. The van der Waals surface area contributed by atoms with Crippen LogP contribution < -0.4 is 26.5 Å². The molecule has 2 amide bonds. The molecule has 0 aliphatic rings. The summed E-state index contributed by atoms with van der Waals surface area (Å²) in [6.45, 7) is 5.56. The van der Waals surface area contributed by atoms with Gasteiger partial charge < -0.3 is 29.6 Å². The average molecular weight is 462 g/mol. The number of rotatable bonds is 10. The van der Waals surface area contributed by atoms with Crippen molar-refractivity contribution in [2.24, 2.45) is 14.1 Å². The third-order valence-electron chi connectivity index (χ3n) is 5.26.